The molecule has 1 atom stereocenters. The van der Waals surface area contributed by atoms with E-state index in [1.165, 1.54) is 6.42 Å². The van der Waals surface area contributed by atoms with Crippen molar-refractivity contribution in [3.63, 3.8) is 0 Å². The van der Waals surface area contributed by atoms with E-state index in [1.807, 2.05) is 72.8 Å². The molecule has 32 heavy (non-hydrogen) atoms. The van der Waals surface area contributed by atoms with Crippen LogP contribution in [0, 0.1) is 0 Å². The lowest BCUT2D eigenvalue weighted by atomic mass is 9.98. The van der Waals surface area contributed by atoms with Crippen molar-refractivity contribution < 1.29 is 9.21 Å². The van der Waals surface area contributed by atoms with Crippen molar-refractivity contribution in [2.45, 2.75) is 25.3 Å². The Bertz CT molecular complexity index is 1230. The van der Waals surface area contributed by atoms with Crippen molar-refractivity contribution in [3.8, 4) is 0 Å². The number of piperidine rings is 1. The molecule has 162 valence electrons. The molecule has 1 aliphatic heterocycles. The van der Waals surface area contributed by atoms with Crippen LogP contribution >= 0.6 is 11.6 Å². The van der Waals surface area contributed by atoms with Crippen LogP contribution in [0.3, 0.4) is 0 Å². The number of benzene rings is 3. The minimum absolute atomic E-state index is 0.132. The molecule has 0 unspecified atom stereocenters. The molecule has 1 saturated heterocycles. The molecule has 5 heteroatoms. The van der Waals surface area contributed by atoms with Gasteiger partial charge in [0.25, 0.3) is 5.91 Å². The van der Waals surface area contributed by atoms with E-state index in [0.717, 1.165) is 53.9 Å². The van der Waals surface area contributed by atoms with E-state index >= 15 is 0 Å². The van der Waals surface area contributed by atoms with Gasteiger partial charge in [-0.25, -0.2) is 0 Å². The molecule has 1 N–H and O–H groups in total. The van der Waals surface area contributed by atoms with E-state index in [2.05, 4.69) is 16.3 Å². The molecule has 4 aromatic rings. The summed E-state index contributed by atoms with van der Waals surface area (Å²) < 4.78 is 6.45. The van der Waals surface area contributed by atoms with E-state index in [4.69, 9.17) is 16.0 Å². The summed E-state index contributed by atoms with van der Waals surface area (Å²) in [6.45, 7) is 1.95. The molecule has 1 amide bonds. The summed E-state index contributed by atoms with van der Waals surface area (Å²) >= 11 is 6.38. The summed E-state index contributed by atoms with van der Waals surface area (Å²) in [6, 6.07) is 24.9. The van der Waals surface area contributed by atoms with Gasteiger partial charge < -0.3 is 9.73 Å². The van der Waals surface area contributed by atoms with Gasteiger partial charge in [0, 0.05) is 16.0 Å². The van der Waals surface area contributed by atoms with E-state index in [-0.39, 0.29) is 11.9 Å². The molecule has 0 spiro atoms. The van der Waals surface area contributed by atoms with Gasteiger partial charge in [0.15, 0.2) is 0 Å². The normalized spacial score (nSPS) is 15.5. The van der Waals surface area contributed by atoms with E-state index in [0.29, 0.717) is 10.6 Å². The van der Waals surface area contributed by atoms with Gasteiger partial charge in [0.05, 0.1) is 11.7 Å². The summed E-state index contributed by atoms with van der Waals surface area (Å²) in [5, 5.41) is 4.75. The molecule has 2 heterocycles. The van der Waals surface area contributed by atoms with Crippen molar-refractivity contribution in [3.05, 3.63) is 101 Å². The van der Waals surface area contributed by atoms with Crippen LogP contribution in [-0.2, 0) is 0 Å². The highest BCUT2D eigenvalue weighted by Crippen LogP contribution is 2.41. The first-order valence-electron chi connectivity index (χ1n) is 11.1. The lowest BCUT2D eigenvalue weighted by Gasteiger charge is -2.34. The minimum Gasteiger partial charge on any atom is -0.457 e. The predicted molar refractivity (Wildman–Crippen MR) is 129 cm³/mol. The zero-order valence-electron chi connectivity index (χ0n) is 17.8. The Kier molecular flexibility index (Phi) is 5.97. The molecular weight excluding hydrogens is 420 g/mol. The maximum absolute atomic E-state index is 13.1. The second kappa shape index (κ2) is 9.19. The molecule has 0 radical (unpaired) electrons. The van der Waals surface area contributed by atoms with E-state index in [1.54, 1.807) is 0 Å². The van der Waals surface area contributed by atoms with Crippen LogP contribution in [0.4, 0.5) is 5.69 Å². The molecule has 0 saturated carbocycles. The average molecular weight is 445 g/mol. The summed E-state index contributed by atoms with van der Waals surface area (Å²) in [4.78, 5) is 15.5. The van der Waals surface area contributed by atoms with Gasteiger partial charge in [-0.3, -0.25) is 9.69 Å². The van der Waals surface area contributed by atoms with Gasteiger partial charge in [0.2, 0.25) is 0 Å². The lowest BCUT2D eigenvalue weighted by molar-refractivity contribution is 0.102. The van der Waals surface area contributed by atoms with E-state index in [9.17, 15) is 4.79 Å². The Morgan fingerprint density at radius 1 is 0.906 bits per heavy atom. The zero-order chi connectivity index (χ0) is 21.9. The number of carbonyl (C=O) groups excluding carboxylic acids is 1. The molecule has 1 fully saturated rings. The number of nitrogens with one attached hydrogen (secondary N) is 1. The Labute approximate surface area is 192 Å². The number of hydrogen-bond acceptors (Lipinski definition) is 3. The van der Waals surface area contributed by atoms with Crippen LogP contribution in [0.25, 0.3) is 11.0 Å². The zero-order valence-corrected chi connectivity index (χ0v) is 18.5. The number of hydrogen-bond donors (Lipinski definition) is 1. The maximum Gasteiger partial charge on any atom is 0.255 e. The number of halogens is 1. The molecule has 4 nitrogen and oxygen atoms in total. The SMILES string of the molecule is O=C(Nc1c([C@@H](c2cccc(Cl)c2)N2CCCCC2)oc2ccccc12)c1ccccc1. The van der Waals surface area contributed by atoms with Gasteiger partial charge in [0.1, 0.15) is 11.3 Å². The third kappa shape index (κ3) is 4.16. The van der Waals surface area contributed by atoms with Crippen molar-refractivity contribution in [1.82, 2.24) is 4.90 Å². The Morgan fingerprint density at radius 3 is 2.44 bits per heavy atom. The highest BCUT2D eigenvalue weighted by molar-refractivity contribution is 6.30. The Balaban J connectivity index is 1.64. The summed E-state index contributed by atoms with van der Waals surface area (Å²) in [6.07, 6.45) is 3.52. The number of amides is 1. The summed E-state index contributed by atoms with van der Waals surface area (Å²) in [5.74, 6) is 0.599. The number of likely N-dealkylation sites (tertiary alicyclic amines) is 1. The second-order valence-corrected chi connectivity index (χ2v) is 8.65. The van der Waals surface area contributed by atoms with Crippen LogP contribution in [0.2, 0.25) is 5.02 Å². The number of nitrogens with zero attached hydrogens (tertiary/aromatic N) is 1. The smallest absolute Gasteiger partial charge is 0.255 e. The number of anilines is 1. The summed E-state index contributed by atoms with van der Waals surface area (Å²) in [7, 11) is 0. The highest BCUT2D eigenvalue weighted by Gasteiger charge is 2.31. The first kappa shape index (κ1) is 20.8. The number of furan rings is 1. The standard InChI is InChI=1S/C27H25ClN2O2/c28-21-13-9-12-20(18-21)25(30-16-7-2-8-17-30)26-24(22-14-5-6-15-23(22)32-26)29-27(31)19-10-3-1-4-11-19/h1,3-6,9-15,18,25H,2,7-8,16-17H2,(H,29,31)/t25-/m1/s1. The molecule has 1 aliphatic rings. The van der Waals surface area contributed by atoms with Crippen LogP contribution in [0.5, 0.6) is 0 Å². The highest BCUT2D eigenvalue weighted by atomic mass is 35.5. The van der Waals surface area contributed by atoms with E-state index < -0.39 is 0 Å². The molecule has 1 aromatic heterocycles. The molecule has 5 rings (SSSR count). The van der Waals surface area contributed by atoms with Crippen molar-refractivity contribution in [2.24, 2.45) is 0 Å². The van der Waals surface area contributed by atoms with Gasteiger partial charge in [-0.2, -0.15) is 0 Å². The Hall–Kier alpha value is -3.08. The number of rotatable bonds is 5. The maximum atomic E-state index is 13.1. The number of para-hydroxylation sites is 1. The average Bonchev–Trinajstić information content (AvgIpc) is 3.18. The third-order valence-corrected chi connectivity index (χ3v) is 6.30. The predicted octanol–water partition coefficient (Wildman–Crippen LogP) is 6.91. The Morgan fingerprint density at radius 2 is 1.66 bits per heavy atom. The fourth-order valence-corrected chi connectivity index (χ4v) is 4.74. The molecule has 0 aliphatic carbocycles. The van der Waals surface area contributed by atoms with Crippen LogP contribution in [0.1, 0.15) is 47.0 Å². The second-order valence-electron chi connectivity index (χ2n) is 8.21. The van der Waals surface area contributed by atoms with Gasteiger partial charge in [-0.05, 0) is 67.9 Å². The quantitative estimate of drug-likeness (QED) is 0.363. The van der Waals surface area contributed by atoms with Crippen molar-refractivity contribution in [2.75, 3.05) is 18.4 Å². The van der Waals surface area contributed by atoms with Crippen LogP contribution in [-0.4, -0.2) is 23.9 Å². The molecule has 0 bridgehead atoms. The first-order valence-corrected chi connectivity index (χ1v) is 11.5. The largest absolute Gasteiger partial charge is 0.457 e. The minimum atomic E-state index is -0.151. The van der Waals surface area contributed by atoms with Crippen LogP contribution < -0.4 is 5.32 Å². The molecule has 3 aromatic carbocycles. The van der Waals surface area contributed by atoms with Gasteiger partial charge >= 0.3 is 0 Å². The van der Waals surface area contributed by atoms with Crippen molar-refractivity contribution in [1.29, 1.82) is 0 Å². The third-order valence-electron chi connectivity index (χ3n) is 6.07. The number of carbonyl (C=O) groups is 1. The summed E-state index contributed by atoms with van der Waals surface area (Å²) in [5.41, 5.74) is 3.16. The first-order chi connectivity index (χ1) is 15.7. The lowest BCUT2D eigenvalue weighted by Crippen LogP contribution is -2.34. The van der Waals surface area contributed by atoms with Crippen molar-refractivity contribution >= 4 is 34.2 Å². The fraction of sp³-hybridized carbons (Fsp3) is 0.222. The molecular formula is C27H25ClN2O2. The van der Waals surface area contributed by atoms with Gasteiger partial charge in [-0.15, -0.1) is 0 Å². The fourth-order valence-electron chi connectivity index (χ4n) is 4.54. The number of fused-ring (bicyclic) bond motifs is 1. The van der Waals surface area contributed by atoms with Gasteiger partial charge in [-0.1, -0.05) is 60.5 Å². The van der Waals surface area contributed by atoms with Crippen LogP contribution in [0.15, 0.2) is 83.3 Å². The topological polar surface area (TPSA) is 45.5 Å². The monoisotopic (exact) mass is 444 g/mol.